The molecule has 0 radical (unpaired) electrons. The van der Waals surface area contributed by atoms with E-state index >= 15 is 0 Å². The largest absolute Gasteiger partial charge is 0.464 e. The molecule has 5 heteroatoms. The first kappa shape index (κ1) is 10.8. The van der Waals surface area contributed by atoms with Gasteiger partial charge in [-0.2, -0.15) is 5.10 Å². The Morgan fingerprint density at radius 3 is 3.12 bits per heavy atom. The summed E-state index contributed by atoms with van der Waals surface area (Å²) in [4.78, 5) is 11.8. The number of methoxy groups -OCH3 is 1. The standard InChI is InChI=1S/C12H16N2O3/c1-16-12(15)11-9-7-17-5-4-10(9)13-14(11)6-8-2-3-8/h8H,2-7H2,1H3. The summed E-state index contributed by atoms with van der Waals surface area (Å²) in [6, 6.07) is 0. The maximum atomic E-state index is 11.8. The van der Waals surface area contributed by atoms with Crippen molar-refractivity contribution < 1.29 is 14.3 Å². The van der Waals surface area contributed by atoms with Crippen LogP contribution in [0.1, 0.15) is 34.6 Å². The van der Waals surface area contributed by atoms with Crippen LogP contribution in [-0.2, 0) is 29.0 Å². The molecule has 5 nitrogen and oxygen atoms in total. The van der Waals surface area contributed by atoms with Crippen molar-refractivity contribution in [3.05, 3.63) is 17.0 Å². The van der Waals surface area contributed by atoms with Gasteiger partial charge in [-0.05, 0) is 18.8 Å². The Balaban J connectivity index is 1.99. The van der Waals surface area contributed by atoms with Gasteiger partial charge >= 0.3 is 5.97 Å². The number of fused-ring (bicyclic) bond motifs is 1. The van der Waals surface area contributed by atoms with E-state index in [1.165, 1.54) is 20.0 Å². The predicted molar refractivity (Wildman–Crippen MR) is 59.7 cm³/mol. The summed E-state index contributed by atoms with van der Waals surface area (Å²) >= 11 is 0. The van der Waals surface area contributed by atoms with E-state index in [1.54, 1.807) is 0 Å². The summed E-state index contributed by atoms with van der Waals surface area (Å²) in [7, 11) is 1.41. The number of nitrogens with zero attached hydrogens (tertiary/aromatic N) is 2. The quantitative estimate of drug-likeness (QED) is 0.739. The lowest BCUT2D eigenvalue weighted by Crippen LogP contribution is -2.15. The van der Waals surface area contributed by atoms with Crippen molar-refractivity contribution in [3.8, 4) is 0 Å². The summed E-state index contributed by atoms with van der Waals surface area (Å²) in [6.45, 7) is 2.00. The minimum atomic E-state index is -0.301. The van der Waals surface area contributed by atoms with Gasteiger partial charge in [-0.1, -0.05) is 0 Å². The number of carbonyl (C=O) groups excluding carboxylic acids is 1. The maximum Gasteiger partial charge on any atom is 0.356 e. The fraction of sp³-hybridized carbons (Fsp3) is 0.667. The number of ether oxygens (including phenoxy) is 2. The summed E-state index contributed by atoms with van der Waals surface area (Å²) in [5.74, 6) is 0.380. The predicted octanol–water partition coefficient (Wildman–Crippen LogP) is 1.15. The Bertz CT molecular complexity index is 449. The average molecular weight is 236 g/mol. The second-order valence-corrected chi connectivity index (χ2v) is 4.69. The molecule has 1 fully saturated rings. The van der Waals surface area contributed by atoms with Crippen LogP contribution in [0.15, 0.2) is 0 Å². The van der Waals surface area contributed by atoms with Crippen LogP contribution in [0.3, 0.4) is 0 Å². The molecule has 92 valence electrons. The van der Waals surface area contributed by atoms with Gasteiger partial charge in [0.05, 0.1) is 26.0 Å². The third-order valence-corrected chi connectivity index (χ3v) is 3.37. The normalized spacial score (nSPS) is 18.9. The average Bonchev–Trinajstić information content (AvgIpc) is 3.08. The molecule has 17 heavy (non-hydrogen) atoms. The van der Waals surface area contributed by atoms with Crippen molar-refractivity contribution in [1.29, 1.82) is 0 Å². The fourth-order valence-corrected chi connectivity index (χ4v) is 2.25. The minimum absolute atomic E-state index is 0.301. The van der Waals surface area contributed by atoms with Crippen LogP contribution in [0.25, 0.3) is 0 Å². The number of rotatable bonds is 3. The van der Waals surface area contributed by atoms with Crippen LogP contribution in [0.2, 0.25) is 0 Å². The Morgan fingerprint density at radius 2 is 2.41 bits per heavy atom. The lowest BCUT2D eigenvalue weighted by Gasteiger charge is -2.11. The first-order valence-corrected chi connectivity index (χ1v) is 6.04. The Labute approximate surface area is 99.7 Å². The first-order chi connectivity index (χ1) is 8.29. The van der Waals surface area contributed by atoms with Gasteiger partial charge in [0.1, 0.15) is 0 Å². The molecule has 0 atom stereocenters. The van der Waals surface area contributed by atoms with Crippen LogP contribution in [0.5, 0.6) is 0 Å². The van der Waals surface area contributed by atoms with E-state index in [9.17, 15) is 4.79 Å². The molecule has 0 N–H and O–H groups in total. The summed E-state index contributed by atoms with van der Waals surface area (Å²) < 4.78 is 12.1. The highest BCUT2D eigenvalue weighted by atomic mass is 16.5. The number of hydrogen-bond donors (Lipinski definition) is 0. The maximum absolute atomic E-state index is 11.8. The van der Waals surface area contributed by atoms with Crippen molar-refractivity contribution in [2.75, 3.05) is 13.7 Å². The molecule has 1 aliphatic heterocycles. The summed E-state index contributed by atoms with van der Waals surface area (Å²) in [5.41, 5.74) is 2.51. The molecule has 0 saturated heterocycles. The van der Waals surface area contributed by atoms with E-state index in [4.69, 9.17) is 9.47 Å². The highest BCUT2D eigenvalue weighted by molar-refractivity contribution is 5.89. The molecule has 2 heterocycles. The molecule has 0 aromatic carbocycles. The molecular weight excluding hydrogens is 220 g/mol. The van der Waals surface area contributed by atoms with E-state index in [0.29, 0.717) is 24.8 Å². The molecule has 0 spiro atoms. The Kier molecular flexibility index (Phi) is 2.63. The number of aromatic nitrogens is 2. The Morgan fingerprint density at radius 1 is 1.59 bits per heavy atom. The molecular formula is C12H16N2O3. The molecule has 1 aromatic rings. The molecule has 1 aromatic heterocycles. The van der Waals surface area contributed by atoms with Gasteiger partial charge in [-0.25, -0.2) is 4.79 Å². The number of esters is 1. The molecule has 0 unspecified atom stereocenters. The van der Waals surface area contributed by atoms with Crippen LogP contribution in [0, 0.1) is 5.92 Å². The van der Waals surface area contributed by atoms with Crippen LogP contribution < -0.4 is 0 Å². The molecule has 0 amide bonds. The molecule has 1 saturated carbocycles. The van der Waals surface area contributed by atoms with Gasteiger partial charge in [0.25, 0.3) is 0 Å². The van der Waals surface area contributed by atoms with Crippen LogP contribution in [-0.4, -0.2) is 29.5 Å². The highest BCUT2D eigenvalue weighted by Gasteiger charge is 2.30. The fourth-order valence-electron chi connectivity index (χ4n) is 2.25. The van der Waals surface area contributed by atoms with Gasteiger partial charge in [0, 0.05) is 18.5 Å². The second-order valence-electron chi connectivity index (χ2n) is 4.69. The number of hydrogen-bond acceptors (Lipinski definition) is 4. The minimum Gasteiger partial charge on any atom is -0.464 e. The molecule has 0 bridgehead atoms. The van der Waals surface area contributed by atoms with E-state index in [0.717, 1.165) is 24.2 Å². The smallest absolute Gasteiger partial charge is 0.356 e. The summed E-state index contributed by atoms with van der Waals surface area (Å²) in [6.07, 6.45) is 3.26. The first-order valence-electron chi connectivity index (χ1n) is 6.04. The van der Waals surface area contributed by atoms with E-state index in [2.05, 4.69) is 5.10 Å². The van der Waals surface area contributed by atoms with Gasteiger partial charge in [0.2, 0.25) is 0 Å². The lowest BCUT2D eigenvalue weighted by molar-refractivity contribution is 0.0575. The topological polar surface area (TPSA) is 53.3 Å². The monoisotopic (exact) mass is 236 g/mol. The summed E-state index contributed by atoms with van der Waals surface area (Å²) in [5, 5.41) is 4.54. The van der Waals surface area contributed by atoms with E-state index in [1.807, 2.05) is 4.68 Å². The molecule has 1 aliphatic carbocycles. The third kappa shape index (κ3) is 1.95. The van der Waals surface area contributed by atoms with E-state index < -0.39 is 0 Å². The van der Waals surface area contributed by atoms with Gasteiger partial charge in [-0.15, -0.1) is 0 Å². The van der Waals surface area contributed by atoms with E-state index in [-0.39, 0.29) is 5.97 Å². The van der Waals surface area contributed by atoms with Crippen molar-refractivity contribution in [2.24, 2.45) is 5.92 Å². The lowest BCUT2D eigenvalue weighted by atomic mass is 10.1. The zero-order valence-corrected chi connectivity index (χ0v) is 9.94. The van der Waals surface area contributed by atoms with Gasteiger partial charge in [0.15, 0.2) is 5.69 Å². The third-order valence-electron chi connectivity index (χ3n) is 3.37. The van der Waals surface area contributed by atoms with Gasteiger partial charge < -0.3 is 9.47 Å². The zero-order chi connectivity index (χ0) is 11.8. The Hall–Kier alpha value is -1.36. The highest BCUT2D eigenvalue weighted by Crippen LogP contribution is 2.32. The van der Waals surface area contributed by atoms with Crippen molar-refractivity contribution in [1.82, 2.24) is 9.78 Å². The SMILES string of the molecule is COC(=O)c1c2c(nn1CC1CC1)CCOC2. The van der Waals surface area contributed by atoms with Crippen molar-refractivity contribution >= 4 is 5.97 Å². The van der Waals surface area contributed by atoms with Crippen molar-refractivity contribution in [2.45, 2.75) is 32.4 Å². The second kappa shape index (κ2) is 4.14. The molecule has 3 rings (SSSR count). The van der Waals surface area contributed by atoms with Crippen LogP contribution in [0.4, 0.5) is 0 Å². The number of carbonyl (C=O) groups is 1. The zero-order valence-electron chi connectivity index (χ0n) is 9.94. The van der Waals surface area contributed by atoms with Crippen molar-refractivity contribution in [3.63, 3.8) is 0 Å². The van der Waals surface area contributed by atoms with Crippen LogP contribution >= 0.6 is 0 Å². The molecule has 2 aliphatic rings. The van der Waals surface area contributed by atoms with Gasteiger partial charge in [-0.3, -0.25) is 4.68 Å².